The minimum Gasteiger partial charge on any atom is -0.481 e. The van der Waals surface area contributed by atoms with Crippen molar-refractivity contribution >= 4 is 11.9 Å². The number of hydrogen-bond donors (Lipinski definition) is 2. The largest absolute Gasteiger partial charge is 0.481 e. The van der Waals surface area contributed by atoms with Crippen molar-refractivity contribution in [1.29, 1.82) is 0 Å². The predicted molar refractivity (Wildman–Crippen MR) is 95.6 cm³/mol. The molecule has 140 valence electrons. The van der Waals surface area contributed by atoms with E-state index < -0.39 is 11.5 Å². The normalized spacial score (nSPS) is 13.2. The fourth-order valence-electron chi connectivity index (χ4n) is 2.74. The molecule has 0 saturated carbocycles. The van der Waals surface area contributed by atoms with E-state index in [0.717, 1.165) is 5.56 Å². The zero-order chi connectivity index (χ0) is 19.0. The van der Waals surface area contributed by atoms with Gasteiger partial charge in [-0.15, -0.1) is 0 Å². The topological polar surface area (TPSA) is 102 Å². The number of amides is 1. The number of nitrogens with one attached hydrogen (secondary N) is 1. The highest BCUT2D eigenvalue weighted by atomic mass is 16.5. The van der Waals surface area contributed by atoms with Gasteiger partial charge in [0.1, 0.15) is 0 Å². The van der Waals surface area contributed by atoms with E-state index in [1.54, 1.807) is 13.1 Å². The van der Waals surface area contributed by atoms with Crippen LogP contribution in [0.5, 0.6) is 0 Å². The third kappa shape index (κ3) is 6.00. The molecule has 0 aliphatic heterocycles. The van der Waals surface area contributed by atoms with E-state index in [2.05, 4.69) is 10.3 Å². The standard InChI is InChI=1S/C19H24N2O5/c1-19(13-25-2,11-18(23)24)21-16(22)9-6-10-17-20-12-15(26-17)14-7-4-3-5-8-14/h3-5,7-8,12H,6,9-11,13H2,1-2H3,(H,21,22)(H,23,24). The van der Waals surface area contributed by atoms with Crippen LogP contribution < -0.4 is 5.32 Å². The van der Waals surface area contributed by atoms with Crippen molar-refractivity contribution in [1.82, 2.24) is 10.3 Å². The van der Waals surface area contributed by atoms with E-state index in [0.29, 0.717) is 24.5 Å². The molecule has 2 N–H and O–H groups in total. The summed E-state index contributed by atoms with van der Waals surface area (Å²) in [5.41, 5.74) is 0.0224. The number of aromatic nitrogens is 1. The molecule has 1 heterocycles. The number of benzene rings is 1. The molecule has 0 bridgehead atoms. The van der Waals surface area contributed by atoms with Crippen LogP contribution in [0.3, 0.4) is 0 Å². The van der Waals surface area contributed by atoms with Crippen LogP contribution in [-0.2, 0) is 20.7 Å². The second-order valence-electron chi connectivity index (χ2n) is 6.45. The lowest BCUT2D eigenvalue weighted by molar-refractivity contribution is -0.139. The summed E-state index contributed by atoms with van der Waals surface area (Å²) in [6.45, 7) is 1.79. The smallest absolute Gasteiger partial charge is 0.305 e. The first kappa shape index (κ1) is 19.7. The maximum absolute atomic E-state index is 12.1. The van der Waals surface area contributed by atoms with E-state index in [1.165, 1.54) is 7.11 Å². The zero-order valence-corrected chi connectivity index (χ0v) is 15.0. The van der Waals surface area contributed by atoms with Gasteiger partial charge in [0.05, 0.1) is 24.8 Å². The number of carboxylic acids is 1. The predicted octanol–water partition coefficient (Wildman–Crippen LogP) is 2.66. The van der Waals surface area contributed by atoms with E-state index in [9.17, 15) is 9.59 Å². The molecule has 1 unspecified atom stereocenters. The van der Waals surface area contributed by atoms with Gasteiger partial charge in [-0.05, 0) is 13.3 Å². The number of carbonyl (C=O) groups excluding carboxylic acids is 1. The number of hydrogen-bond acceptors (Lipinski definition) is 5. The number of oxazole rings is 1. The fourth-order valence-corrected chi connectivity index (χ4v) is 2.74. The second-order valence-corrected chi connectivity index (χ2v) is 6.45. The van der Waals surface area contributed by atoms with Crippen molar-refractivity contribution in [3.63, 3.8) is 0 Å². The zero-order valence-electron chi connectivity index (χ0n) is 15.0. The first-order chi connectivity index (χ1) is 12.4. The van der Waals surface area contributed by atoms with E-state index in [1.807, 2.05) is 30.3 Å². The van der Waals surface area contributed by atoms with Gasteiger partial charge in [-0.25, -0.2) is 4.98 Å². The number of aliphatic carboxylic acids is 1. The number of aryl methyl sites for hydroxylation is 1. The van der Waals surface area contributed by atoms with Crippen molar-refractivity contribution < 1.29 is 23.8 Å². The van der Waals surface area contributed by atoms with Crippen LogP contribution in [0.2, 0.25) is 0 Å². The molecule has 7 heteroatoms. The summed E-state index contributed by atoms with van der Waals surface area (Å²) in [7, 11) is 1.47. The van der Waals surface area contributed by atoms with E-state index in [-0.39, 0.29) is 25.4 Å². The Hall–Kier alpha value is -2.67. The molecule has 0 radical (unpaired) electrons. The summed E-state index contributed by atoms with van der Waals surface area (Å²) < 4.78 is 10.7. The summed E-state index contributed by atoms with van der Waals surface area (Å²) in [5.74, 6) is 0.0553. The van der Waals surface area contributed by atoms with Gasteiger partial charge >= 0.3 is 5.97 Å². The first-order valence-corrected chi connectivity index (χ1v) is 8.44. The molecule has 7 nitrogen and oxygen atoms in total. The Balaban J connectivity index is 1.82. The van der Waals surface area contributed by atoms with Gasteiger partial charge in [-0.2, -0.15) is 0 Å². The van der Waals surface area contributed by atoms with Crippen LogP contribution >= 0.6 is 0 Å². The molecule has 1 aromatic carbocycles. The number of nitrogens with zero attached hydrogens (tertiary/aromatic N) is 1. The highest BCUT2D eigenvalue weighted by Crippen LogP contribution is 2.20. The molecule has 1 aromatic heterocycles. The van der Waals surface area contributed by atoms with Crippen molar-refractivity contribution in [2.75, 3.05) is 13.7 Å². The Morgan fingerprint density at radius 3 is 2.69 bits per heavy atom. The summed E-state index contributed by atoms with van der Waals surface area (Å²) in [5, 5.41) is 11.7. The van der Waals surface area contributed by atoms with Crippen LogP contribution in [0.4, 0.5) is 0 Å². The maximum atomic E-state index is 12.1. The Morgan fingerprint density at radius 2 is 2.04 bits per heavy atom. The molecule has 2 rings (SSSR count). The Morgan fingerprint density at radius 1 is 1.31 bits per heavy atom. The van der Waals surface area contributed by atoms with Crippen LogP contribution in [0.15, 0.2) is 40.9 Å². The van der Waals surface area contributed by atoms with Crippen LogP contribution in [-0.4, -0.2) is 41.2 Å². The quantitative estimate of drug-likeness (QED) is 0.675. The Bertz CT molecular complexity index is 729. The molecule has 0 spiro atoms. The van der Waals surface area contributed by atoms with Crippen LogP contribution in [0.1, 0.15) is 32.1 Å². The molecular weight excluding hydrogens is 336 g/mol. The van der Waals surface area contributed by atoms with Crippen molar-refractivity contribution in [2.24, 2.45) is 0 Å². The van der Waals surface area contributed by atoms with Gasteiger partial charge in [0.15, 0.2) is 11.7 Å². The highest BCUT2D eigenvalue weighted by Gasteiger charge is 2.29. The van der Waals surface area contributed by atoms with Crippen molar-refractivity contribution in [3.8, 4) is 11.3 Å². The molecule has 0 aliphatic carbocycles. The summed E-state index contributed by atoms with van der Waals surface area (Å²) in [6, 6.07) is 9.67. The lowest BCUT2D eigenvalue weighted by Gasteiger charge is -2.28. The van der Waals surface area contributed by atoms with Gasteiger partial charge in [0.2, 0.25) is 5.91 Å². The first-order valence-electron chi connectivity index (χ1n) is 8.44. The monoisotopic (exact) mass is 360 g/mol. The number of methoxy groups -OCH3 is 1. The molecule has 2 aromatic rings. The third-order valence-corrected chi connectivity index (χ3v) is 3.85. The molecule has 0 saturated heterocycles. The molecule has 1 amide bonds. The van der Waals surface area contributed by atoms with Crippen molar-refractivity contribution in [2.45, 2.75) is 38.1 Å². The Kier molecular flexibility index (Phi) is 6.91. The SMILES string of the molecule is COCC(C)(CC(=O)O)NC(=O)CCCc1ncc(-c2ccccc2)o1. The van der Waals surface area contributed by atoms with Gasteiger partial charge in [0.25, 0.3) is 0 Å². The molecule has 1 atom stereocenters. The van der Waals surface area contributed by atoms with Crippen LogP contribution in [0, 0.1) is 0 Å². The average molecular weight is 360 g/mol. The number of carbonyl (C=O) groups is 2. The molecular formula is C19H24N2O5. The lowest BCUT2D eigenvalue weighted by atomic mass is 9.98. The lowest BCUT2D eigenvalue weighted by Crippen LogP contribution is -2.50. The third-order valence-electron chi connectivity index (χ3n) is 3.85. The Labute approximate surface area is 152 Å². The highest BCUT2D eigenvalue weighted by molar-refractivity contribution is 5.78. The van der Waals surface area contributed by atoms with Crippen LogP contribution in [0.25, 0.3) is 11.3 Å². The van der Waals surface area contributed by atoms with E-state index >= 15 is 0 Å². The summed E-state index contributed by atoms with van der Waals surface area (Å²) in [6.07, 6.45) is 2.80. The fraction of sp³-hybridized carbons (Fsp3) is 0.421. The summed E-state index contributed by atoms with van der Waals surface area (Å²) >= 11 is 0. The number of carboxylic acid groups (broad SMARTS) is 1. The van der Waals surface area contributed by atoms with Gasteiger partial charge < -0.3 is 19.6 Å². The van der Waals surface area contributed by atoms with Gasteiger partial charge in [-0.3, -0.25) is 9.59 Å². The van der Waals surface area contributed by atoms with Gasteiger partial charge in [0, 0.05) is 25.5 Å². The van der Waals surface area contributed by atoms with Gasteiger partial charge in [-0.1, -0.05) is 30.3 Å². The number of ether oxygens (including phenoxy) is 1. The minimum atomic E-state index is -0.988. The molecule has 0 aliphatic rings. The maximum Gasteiger partial charge on any atom is 0.305 e. The van der Waals surface area contributed by atoms with E-state index in [4.69, 9.17) is 14.3 Å². The summed E-state index contributed by atoms with van der Waals surface area (Å²) in [4.78, 5) is 27.3. The molecule has 0 fully saturated rings. The second kappa shape index (κ2) is 9.15. The molecule has 26 heavy (non-hydrogen) atoms. The minimum absolute atomic E-state index is 0.130. The average Bonchev–Trinajstić information content (AvgIpc) is 3.03. The van der Waals surface area contributed by atoms with Crippen molar-refractivity contribution in [3.05, 3.63) is 42.4 Å². The number of rotatable bonds is 10.